The van der Waals surface area contributed by atoms with E-state index in [4.69, 9.17) is 11.6 Å². The molecule has 0 saturated carbocycles. The van der Waals surface area contributed by atoms with Crippen LogP contribution < -0.4 is 5.32 Å². The monoisotopic (exact) mass is 332 g/mol. The lowest BCUT2D eigenvalue weighted by Gasteiger charge is -2.16. The Labute approximate surface area is 139 Å². The molecule has 1 N–H and O–H groups in total. The van der Waals surface area contributed by atoms with Crippen LogP contribution in [0.2, 0.25) is 5.02 Å². The number of nitrogens with zero attached hydrogens (tertiary/aromatic N) is 1. The smallest absolute Gasteiger partial charge is 0.269 e. The number of anilines is 1. The van der Waals surface area contributed by atoms with E-state index in [1.54, 1.807) is 0 Å². The topological polar surface area (TPSA) is 72.2 Å². The van der Waals surface area contributed by atoms with E-state index in [0.29, 0.717) is 17.0 Å². The molecule has 0 heterocycles. The summed E-state index contributed by atoms with van der Waals surface area (Å²) in [6.07, 6.45) is 1.46. The number of halogens is 1. The van der Waals surface area contributed by atoms with Gasteiger partial charge in [0, 0.05) is 28.4 Å². The maximum Gasteiger partial charge on any atom is 0.269 e. The number of rotatable bonds is 5. The van der Waals surface area contributed by atoms with Crippen molar-refractivity contribution in [3.8, 4) is 0 Å². The summed E-state index contributed by atoms with van der Waals surface area (Å²) in [5.41, 5.74) is 2.93. The first-order chi connectivity index (χ1) is 11.0. The molecule has 0 saturated heterocycles. The molecule has 0 aromatic heterocycles. The lowest BCUT2D eigenvalue weighted by atomic mass is 10.0. The van der Waals surface area contributed by atoms with E-state index in [-0.39, 0.29) is 11.6 Å². The third-order valence-corrected chi connectivity index (χ3v) is 4.01. The zero-order valence-corrected chi connectivity index (χ0v) is 13.7. The van der Waals surface area contributed by atoms with Crippen LogP contribution in [0.1, 0.15) is 35.3 Å². The molecule has 0 atom stereocenters. The van der Waals surface area contributed by atoms with Crippen LogP contribution in [0.5, 0.6) is 0 Å². The van der Waals surface area contributed by atoms with Gasteiger partial charge < -0.3 is 5.32 Å². The van der Waals surface area contributed by atoms with E-state index in [2.05, 4.69) is 5.32 Å². The summed E-state index contributed by atoms with van der Waals surface area (Å²) < 4.78 is 0. The van der Waals surface area contributed by atoms with Crippen molar-refractivity contribution in [2.75, 3.05) is 5.32 Å². The third kappa shape index (κ3) is 3.68. The Kier molecular flexibility index (Phi) is 5.34. The highest BCUT2D eigenvalue weighted by Gasteiger charge is 2.15. The van der Waals surface area contributed by atoms with Crippen molar-refractivity contribution in [2.24, 2.45) is 0 Å². The second-order valence-electron chi connectivity index (χ2n) is 5.03. The van der Waals surface area contributed by atoms with Crippen molar-refractivity contribution < 1.29 is 9.72 Å². The molecule has 1 amide bonds. The van der Waals surface area contributed by atoms with Crippen molar-refractivity contribution in [3.63, 3.8) is 0 Å². The van der Waals surface area contributed by atoms with Gasteiger partial charge in [-0.1, -0.05) is 31.5 Å². The summed E-state index contributed by atoms with van der Waals surface area (Å²) in [6, 6.07) is 9.24. The lowest BCUT2D eigenvalue weighted by molar-refractivity contribution is -0.384. The zero-order chi connectivity index (χ0) is 17.0. The SMILES string of the molecule is CCc1ccc(Cl)c(CC)c1NC(=O)c1ccc([N+](=O)[O-])cc1. The largest absolute Gasteiger partial charge is 0.321 e. The lowest BCUT2D eigenvalue weighted by Crippen LogP contribution is -2.15. The van der Waals surface area contributed by atoms with Gasteiger partial charge in [-0.2, -0.15) is 0 Å². The van der Waals surface area contributed by atoms with E-state index < -0.39 is 4.92 Å². The summed E-state index contributed by atoms with van der Waals surface area (Å²) in [7, 11) is 0. The molecule has 23 heavy (non-hydrogen) atoms. The van der Waals surface area contributed by atoms with Gasteiger partial charge in [0.05, 0.1) is 4.92 Å². The van der Waals surface area contributed by atoms with Gasteiger partial charge in [0.1, 0.15) is 0 Å². The highest BCUT2D eigenvalue weighted by atomic mass is 35.5. The number of carbonyl (C=O) groups is 1. The Morgan fingerprint density at radius 1 is 1.13 bits per heavy atom. The fourth-order valence-corrected chi connectivity index (χ4v) is 2.68. The van der Waals surface area contributed by atoms with Gasteiger partial charge in [0.25, 0.3) is 11.6 Å². The number of nitrogens with one attached hydrogen (secondary N) is 1. The van der Waals surface area contributed by atoms with E-state index in [1.807, 2.05) is 26.0 Å². The summed E-state index contributed by atoms with van der Waals surface area (Å²) in [5.74, 6) is -0.313. The Morgan fingerprint density at radius 2 is 1.78 bits per heavy atom. The van der Waals surface area contributed by atoms with Crippen molar-refractivity contribution >= 4 is 28.9 Å². The molecule has 2 aromatic carbocycles. The number of amides is 1. The van der Waals surface area contributed by atoms with Gasteiger partial charge in [0.2, 0.25) is 0 Å². The number of hydrogen-bond donors (Lipinski definition) is 1. The summed E-state index contributed by atoms with van der Waals surface area (Å²) in [4.78, 5) is 22.6. The molecule has 120 valence electrons. The first-order valence-electron chi connectivity index (χ1n) is 7.34. The van der Waals surface area contributed by atoms with Crippen LogP contribution >= 0.6 is 11.6 Å². The van der Waals surface area contributed by atoms with Gasteiger partial charge in [-0.3, -0.25) is 14.9 Å². The highest BCUT2D eigenvalue weighted by Crippen LogP contribution is 2.30. The number of nitro groups is 1. The average molecular weight is 333 g/mol. The minimum absolute atomic E-state index is 0.0483. The molecular formula is C17H17ClN2O3. The number of hydrogen-bond acceptors (Lipinski definition) is 3. The Morgan fingerprint density at radius 3 is 2.30 bits per heavy atom. The van der Waals surface area contributed by atoms with Crippen LogP contribution in [0.15, 0.2) is 36.4 Å². The standard InChI is InChI=1S/C17H17ClN2O3/c1-3-11-7-10-15(18)14(4-2)16(11)19-17(21)12-5-8-13(9-6-12)20(22)23/h5-10H,3-4H2,1-2H3,(H,19,21). The van der Waals surface area contributed by atoms with E-state index in [9.17, 15) is 14.9 Å². The molecule has 0 spiro atoms. The van der Waals surface area contributed by atoms with Crippen LogP contribution in [-0.2, 0) is 12.8 Å². The molecular weight excluding hydrogens is 316 g/mol. The first-order valence-corrected chi connectivity index (χ1v) is 7.71. The number of benzene rings is 2. The maximum atomic E-state index is 12.4. The van der Waals surface area contributed by atoms with Gasteiger partial charge in [-0.05, 0) is 42.2 Å². The fourth-order valence-electron chi connectivity index (χ4n) is 2.39. The van der Waals surface area contributed by atoms with Crippen LogP contribution in [0.25, 0.3) is 0 Å². The second-order valence-corrected chi connectivity index (χ2v) is 5.43. The minimum atomic E-state index is -0.497. The Hall–Kier alpha value is -2.40. The third-order valence-electron chi connectivity index (χ3n) is 3.66. The van der Waals surface area contributed by atoms with E-state index in [0.717, 1.165) is 23.2 Å². The number of aryl methyl sites for hydroxylation is 1. The predicted molar refractivity (Wildman–Crippen MR) is 91.3 cm³/mol. The number of nitro benzene ring substituents is 1. The van der Waals surface area contributed by atoms with Gasteiger partial charge in [-0.25, -0.2) is 0 Å². The normalized spacial score (nSPS) is 10.4. The molecule has 0 aliphatic rings. The van der Waals surface area contributed by atoms with Crippen LogP contribution in [0, 0.1) is 10.1 Å². The number of carbonyl (C=O) groups excluding carboxylic acids is 1. The van der Waals surface area contributed by atoms with Crippen LogP contribution in [-0.4, -0.2) is 10.8 Å². The van der Waals surface area contributed by atoms with E-state index in [1.165, 1.54) is 24.3 Å². The molecule has 0 radical (unpaired) electrons. The second kappa shape index (κ2) is 7.24. The average Bonchev–Trinajstić information content (AvgIpc) is 2.55. The van der Waals surface area contributed by atoms with Crippen LogP contribution in [0.3, 0.4) is 0 Å². The van der Waals surface area contributed by atoms with Crippen molar-refractivity contribution in [3.05, 3.63) is 68.2 Å². The van der Waals surface area contributed by atoms with Gasteiger partial charge >= 0.3 is 0 Å². The maximum absolute atomic E-state index is 12.4. The highest BCUT2D eigenvalue weighted by molar-refractivity contribution is 6.32. The molecule has 6 heteroatoms. The molecule has 0 unspecified atom stereocenters. The summed E-state index contributed by atoms with van der Waals surface area (Å²) in [5, 5.41) is 14.2. The Balaban J connectivity index is 2.33. The quantitative estimate of drug-likeness (QED) is 0.641. The van der Waals surface area contributed by atoms with Crippen molar-refractivity contribution in [1.82, 2.24) is 0 Å². The summed E-state index contributed by atoms with van der Waals surface area (Å²) >= 11 is 6.22. The first kappa shape index (κ1) is 17.0. The minimum Gasteiger partial charge on any atom is -0.321 e. The zero-order valence-electron chi connectivity index (χ0n) is 12.9. The molecule has 5 nitrogen and oxygen atoms in total. The van der Waals surface area contributed by atoms with Crippen molar-refractivity contribution in [2.45, 2.75) is 26.7 Å². The molecule has 0 aliphatic carbocycles. The molecule has 0 aliphatic heterocycles. The number of non-ortho nitro benzene ring substituents is 1. The predicted octanol–water partition coefficient (Wildman–Crippen LogP) is 4.63. The van der Waals surface area contributed by atoms with Crippen molar-refractivity contribution in [1.29, 1.82) is 0 Å². The van der Waals surface area contributed by atoms with Crippen LogP contribution in [0.4, 0.5) is 11.4 Å². The fraction of sp³-hybridized carbons (Fsp3) is 0.235. The molecule has 2 rings (SSSR count). The van der Waals surface area contributed by atoms with E-state index >= 15 is 0 Å². The molecule has 2 aromatic rings. The molecule has 0 bridgehead atoms. The summed E-state index contributed by atoms with van der Waals surface area (Å²) in [6.45, 7) is 3.98. The Bertz CT molecular complexity index is 742. The molecule has 0 fully saturated rings. The van der Waals surface area contributed by atoms with Gasteiger partial charge in [0.15, 0.2) is 0 Å². The van der Waals surface area contributed by atoms with Gasteiger partial charge in [-0.15, -0.1) is 0 Å².